The van der Waals surface area contributed by atoms with Crippen LogP contribution in [-0.2, 0) is 49.6 Å². The third kappa shape index (κ3) is 15.8. The fourth-order valence-corrected chi connectivity index (χ4v) is 10.4. The van der Waals surface area contributed by atoms with Gasteiger partial charge in [0.25, 0.3) is 5.91 Å². The van der Waals surface area contributed by atoms with Gasteiger partial charge in [0.05, 0.1) is 31.0 Å². The lowest BCUT2D eigenvalue weighted by molar-refractivity contribution is -0.148. The monoisotopic (exact) mass is 1040 g/mol. The Morgan fingerprint density at radius 1 is 0.875 bits per heavy atom. The average Bonchev–Trinajstić information content (AvgIpc) is 4.14. The summed E-state index contributed by atoms with van der Waals surface area (Å²) in [6.07, 6.45) is 1.29. The number of thioether (sulfide) groups is 1. The standard InChI is InChI=1S/C45H65N13O12S2/c46-14-4-3-9-27(47)38(64)53-28(10-5-15-50-45(48)49)42(68)56-16-6-12-33(56)44(70)57-21-25(60)18-34(57)41(67)51-20-36(61)52-29(19-26-8-7-17-71-26)39(65)54-30(23-59)40(66)55-31-24-72-35-13-2-1-11-32(35)58(43(31)69)22-37(62)63/h1-2,7-8,11,13,17,25,27-31,33-34,59-60H,3-6,9-10,12,14-16,18-24,46-47H2,(H,51,67)(H,52,61)(H,53,64)(H,54,65)(H,55,66)(H,62,63)(H4,48,49,50)/t25-,27+,28+,29+,30+,31?,33+,34+/m1/s1. The summed E-state index contributed by atoms with van der Waals surface area (Å²) in [5.41, 5.74) is 23.0. The number of carboxylic acid groups (broad SMARTS) is 1. The predicted octanol–water partition coefficient (Wildman–Crippen LogP) is -3.98. The maximum atomic E-state index is 14.2. The van der Waals surface area contributed by atoms with Crippen molar-refractivity contribution in [1.29, 1.82) is 0 Å². The number of carbonyl (C=O) groups is 9. The largest absolute Gasteiger partial charge is 0.480 e. The Labute approximate surface area is 423 Å². The first-order valence-corrected chi connectivity index (χ1v) is 25.4. The number of benzene rings is 1. The van der Waals surface area contributed by atoms with Crippen molar-refractivity contribution in [2.75, 3.05) is 56.5 Å². The average molecular weight is 1040 g/mol. The zero-order chi connectivity index (χ0) is 52.5. The van der Waals surface area contributed by atoms with Gasteiger partial charge in [-0.2, -0.15) is 0 Å². The SMILES string of the molecule is NCCCC[C@H](N)C(=O)N[C@@H](CCCN=C(N)N)C(=O)N1CCC[C@H]1C(=O)N1C[C@H](O)C[C@H]1C(=O)NCC(=O)N[C@@H](Cc1cccs1)C(=O)N[C@@H](CO)C(=O)NC1CSc2ccccc2N(CC(=O)O)C1=O. The molecule has 8 atom stereocenters. The second-order valence-corrected chi connectivity index (χ2v) is 19.6. The Morgan fingerprint density at radius 3 is 2.32 bits per heavy atom. The normalized spacial score (nSPS) is 20.2. The number of guanidine groups is 1. The van der Waals surface area contributed by atoms with Crippen molar-refractivity contribution in [2.24, 2.45) is 27.9 Å². The van der Waals surface area contributed by atoms with E-state index in [-0.39, 0.29) is 57.0 Å². The molecule has 0 aliphatic carbocycles. The van der Waals surface area contributed by atoms with E-state index < -0.39 is 121 Å². The lowest BCUT2D eigenvalue weighted by Gasteiger charge is -2.33. The number of rotatable bonds is 25. The van der Waals surface area contributed by atoms with Crippen molar-refractivity contribution >= 4 is 88.0 Å². The van der Waals surface area contributed by atoms with Gasteiger partial charge in [0.1, 0.15) is 42.8 Å². The first-order chi connectivity index (χ1) is 34.4. The van der Waals surface area contributed by atoms with E-state index in [2.05, 4.69) is 31.6 Å². The fourth-order valence-electron chi connectivity index (χ4n) is 8.53. The van der Waals surface area contributed by atoms with E-state index in [1.165, 1.54) is 28.0 Å². The maximum absolute atomic E-state index is 14.2. The molecule has 3 aliphatic heterocycles. The maximum Gasteiger partial charge on any atom is 0.323 e. The van der Waals surface area contributed by atoms with Crippen molar-refractivity contribution in [3.63, 3.8) is 0 Å². The van der Waals surface area contributed by atoms with Gasteiger partial charge in [0.15, 0.2) is 5.96 Å². The summed E-state index contributed by atoms with van der Waals surface area (Å²) in [7, 11) is 0. The number of fused-ring (bicyclic) bond motifs is 1. The van der Waals surface area contributed by atoms with Gasteiger partial charge in [-0.05, 0) is 68.6 Å². The minimum Gasteiger partial charge on any atom is -0.480 e. The number of aliphatic hydroxyl groups is 2. The molecule has 1 unspecified atom stereocenters. The molecule has 72 heavy (non-hydrogen) atoms. The molecule has 1 aromatic heterocycles. The summed E-state index contributed by atoms with van der Waals surface area (Å²) in [6.45, 7) is -1.78. The number of carboxylic acids is 1. The van der Waals surface area contributed by atoms with Gasteiger partial charge >= 0.3 is 5.97 Å². The van der Waals surface area contributed by atoms with Crippen molar-refractivity contribution in [2.45, 2.75) is 111 Å². The number of thiophene rings is 1. The number of unbranched alkanes of at least 4 members (excludes halogenated alkanes) is 1. The molecule has 0 bridgehead atoms. The van der Waals surface area contributed by atoms with Crippen LogP contribution in [0.1, 0.15) is 56.2 Å². The molecular weight excluding hydrogens is 979 g/mol. The Morgan fingerprint density at radius 2 is 1.62 bits per heavy atom. The lowest BCUT2D eigenvalue weighted by Crippen LogP contribution is -2.59. The molecule has 3 aliphatic rings. The number of β-amino-alcohol motifs (C(OH)–C–C–N with tert-alkyl or cyclic N) is 1. The first kappa shape index (κ1) is 56.5. The number of nitrogens with one attached hydrogen (secondary N) is 5. The van der Waals surface area contributed by atoms with Crippen molar-refractivity contribution in [1.82, 2.24) is 36.4 Å². The van der Waals surface area contributed by atoms with E-state index in [0.717, 1.165) is 9.80 Å². The van der Waals surface area contributed by atoms with Gasteiger partial charge in [-0.3, -0.25) is 53.0 Å². The first-order valence-electron chi connectivity index (χ1n) is 23.6. The minimum absolute atomic E-state index is 0.00864. The molecule has 1 aromatic carbocycles. The van der Waals surface area contributed by atoms with E-state index in [4.69, 9.17) is 22.9 Å². The minimum atomic E-state index is -1.62. The summed E-state index contributed by atoms with van der Waals surface area (Å²) in [6, 6.07) is 1.54. The van der Waals surface area contributed by atoms with Gasteiger partial charge in [-0.15, -0.1) is 23.1 Å². The molecule has 27 heteroatoms. The summed E-state index contributed by atoms with van der Waals surface area (Å²) in [4.78, 5) is 130. The Balaban J connectivity index is 1.21. The number of aliphatic imine (C=N–C) groups is 1. The quantitative estimate of drug-likeness (QED) is 0.0256. The van der Waals surface area contributed by atoms with E-state index >= 15 is 0 Å². The van der Waals surface area contributed by atoms with Crippen LogP contribution in [0.5, 0.6) is 0 Å². The molecular formula is C45H65N13O12S2. The molecule has 2 saturated heterocycles. The van der Waals surface area contributed by atoms with Gasteiger partial charge in [-0.25, -0.2) is 0 Å². The highest BCUT2D eigenvalue weighted by atomic mass is 32.2. The van der Waals surface area contributed by atoms with Gasteiger partial charge in [0, 0.05) is 48.0 Å². The highest BCUT2D eigenvalue weighted by molar-refractivity contribution is 7.99. The summed E-state index contributed by atoms with van der Waals surface area (Å²) in [5, 5.41) is 44.9. The Kier molecular flexibility index (Phi) is 21.5. The van der Waals surface area contributed by atoms with Gasteiger partial charge in [-0.1, -0.05) is 24.6 Å². The molecule has 0 spiro atoms. The highest BCUT2D eigenvalue weighted by Crippen LogP contribution is 2.34. The fraction of sp³-hybridized carbons (Fsp3) is 0.556. The van der Waals surface area contributed by atoms with Crippen LogP contribution in [0.3, 0.4) is 0 Å². The van der Waals surface area contributed by atoms with Crippen molar-refractivity contribution < 1.29 is 58.5 Å². The molecule has 0 radical (unpaired) electrons. The highest BCUT2D eigenvalue weighted by Gasteiger charge is 2.46. The number of hydrogen-bond acceptors (Lipinski definition) is 16. The molecule has 5 rings (SSSR count). The number of nitrogens with two attached hydrogens (primary N) is 4. The Bertz CT molecular complexity index is 2290. The van der Waals surface area contributed by atoms with Crippen LogP contribution in [-0.4, -0.2) is 184 Å². The van der Waals surface area contributed by atoms with Crippen molar-refractivity contribution in [3.05, 3.63) is 46.7 Å². The number of amides is 8. The van der Waals surface area contributed by atoms with E-state index in [9.17, 15) is 58.5 Å². The Hall–Kier alpha value is -6.39. The van der Waals surface area contributed by atoms with E-state index in [1.807, 2.05) is 0 Å². The number of anilines is 1. The smallest absolute Gasteiger partial charge is 0.323 e. The van der Waals surface area contributed by atoms with E-state index in [1.54, 1.807) is 41.8 Å². The third-order valence-corrected chi connectivity index (χ3v) is 14.2. The molecule has 25 nitrogen and oxygen atoms in total. The van der Waals surface area contributed by atoms with Crippen LogP contribution in [0.25, 0.3) is 0 Å². The number of likely N-dealkylation sites (tertiary alicyclic amines) is 2. The van der Waals surface area contributed by atoms with Crippen LogP contribution in [0, 0.1) is 0 Å². The molecule has 4 heterocycles. The second kappa shape index (κ2) is 27.4. The number of carbonyl (C=O) groups excluding carboxylic acids is 8. The molecule has 16 N–H and O–H groups in total. The third-order valence-electron chi connectivity index (χ3n) is 12.2. The van der Waals surface area contributed by atoms with Crippen LogP contribution in [0.2, 0.25) is 0 Å². The summed E-state index contributed by atoms with van der Waals surface area (Å²) in [5.74, 6) is -7.37. The number of aliphatic carboxylic acids is 1. The van der Waals surface area contributed by atoms with Crippen LogP contribution in [0.4, 0.5) is 5.69 Å². The molecule has 2 aromatic rings. The van der Waals surface area contributed by atoms with Gasteiger partial charge in [0.2, 0.25) is 41.4 Å². The summed E-state index contributed by atoms with van der Waals surface area (Å²) < 4.78 is 0. The summed E-state index contributed by atoms with van der Waals surface area (Å²) >= 11 is 2.48. The number of aliphatic hydroxyl groups excluding tert-OH is 2. The topological polar surface area (TPSA) is 401 Å². The molecule has 2 fully saturated rings. The zero-order valence-corrected chi connectivity index (χ0v) is 41.2. The van der Waals surface area contributed by atoms with Crippen LogP contribution in [0.15, 0.2) is 51.7 Å². The molecule has 8 amide bonds. The number of nitrogens with zero attached hydrogens (tertiary/aromatic N) is 4. The second-order valence-electron chi connectivity index (χ2n) is 17.5. The van der Waals surface area contributed by atoms with Crippen LogP contribution >= 0.6 is 23.1 Å². The van der Waals surface area contributed by atoms with Crippen molar-refractivity contribution in [3.8, 4) is 0 Å². The van der Waals surface area contributed by atoms with E-state index in [0.29, 0.717) is 54.1 Å². The zero-order valence-electron chi connectivity index (χ0n) is 39.6. The predicted molar refractivity (Wildman–Crippen MR) is 265 cm³/mol. The number of para-hydroxylation sites is 1. The number of hydrogen-bond donors (Lipinski definition) is 12. The van der Waals surface area contributed by atoms with Gasteiger partial charge < -0.3 is 74.6 Å². The molecule has 394 valence electrons. The van der Waals surface area contributed by atoms with Crippen LogP contribution < -0.4 is 54.4 Å². The lowest BCUT2D eigenvalue weighted by atomic mass is 10.1. The molecule has 0 saturated carbocycles.